The van der Waals surface area contributed by atoms with Crippen LogP contribution in [0.2, 0.25) is 0 Å². The summed E-state index contributed by atoms with van der Waals surface area (Å²) < 4.78 is 0. The molecule has 0 aliphatic rings. The molecule has 94 valence electrons. The summed E-state index contributed by atoms with van der Waals surface area (Å²) in [7, 11) is 1.91. The predicted molar refractivity (Wildman–Crippen MR) is 80.3 cm³/mol. The molecule has 3 rings (SSSR count). The van der Waals surface area contributed by atoms with Crippen molar-refractivity contribution in [2.45, 2.75) is 0 Å². The highest BCUT2D eigenvalue weighted by atomic mass is 32.1. The molecule has 19 heavy (non-hydrogen) atoms. The molecule has 0 atom stereocenters. The minimum atomic E-state index is 0.758. The van der Waals surface area contributed by atoms with Gasteiger partial charge in [0.25, 0.3) is 0 Å². The second-order valence-corrected chi connectivity index (χ2v) is 5.02. The minimum absolute atomic E-state index is 0.758. The molecule has 4 heteroatoms. The summed E-state index contributed by atoms with van der Waals surface area (Å²) in [6.45, 7) is 0. The second kappa shape index (κ2) is 5.20. The molecule has 0 unspecified atom stereocenters. The van der Waals surface area contributed by atoms with Gasteiger partial charge in [0.05, 0.1) is 10.6 Å². The van der Waals surface area contributed by atoms with Crippen molar-refractivity contribution < 1.29 is 0 Å². The van der Waals surface area contributed by atoms with Crippen LogP contribution in [0.4, 0.5) is 5.69 Å². The van der Waals surface area contributed by atoms with Gasteiger partial charge in [0, 0.05) is 24.5 Å². The fourth-order valence-corrected chi connectivity index (χ4v) is 2.54. The van der Waals surface area contributed by atoms with E-state index in [2.05, 4.69) is 26.7 Å². The highest BCUT2D eigenvalue weighted by Gasteiger charge is 2.05. The van der Waals surface area contributed by atoms with Gasteiger partial charge in [-0.2, -0.15) is 0 Å². The van der Waals surface area contributed by atoms with Gasteiger partial charge in [-0.3, -0.25) is 0 Å². The Morgan fingerprint density at radius 2 is 1.89 bits per heavy atom. The van der Waals surface area contributed by atoms with E-state index in [-0.39, 0.29) is 0 Å². The van der Waals surface area contributed by atoms with Crippen LogP contribution in [0.25, 0.3) is 22.0 Å². The average molecular weight is 267 g/mol. The number of aromatic nitrogens is 2. The van der Waals surface area contributed by atoms with Crippen molar-refractivity contribution in [1.82, 2.24) is 9.97 Å². The van der Waals surface area contributed by atoms with Crippen molar-refractivity contribution >= 4 is 17.0 Å². The van der Waals surface area contributed by atoms with Gasteiger partial charge in [0.2, 0.25) is 0 Å². The zero-order valence-corrected chi connectivity index (χ0v) is 11.3. The van der Waals surface area contributed by atoms with E-state index in [0.717, 1.165) is 27.6 Å². The minimum Gasteiger partial charge on any atom is -0.388 e. The van der Waals surface area contributed by atoms with Gasteiger partial charge in [0.1, 0.15) is 0 Å². The van der Waals surface area contributed by atoms with E-state index in [1.165, 1.54) is 0 Å². The number of anilines is 1. The van der Waals surface area contributed by atoms with Gasteiger partial charge in [-0.1, -0.05) is 6.07 Å². The van der Waals surface area contributed by atoms with Crippen LogP contribution in [0.5, 0.6) is 0 Å². The predicted octanol–water partition coefficient (Wildman–Crippen LogP) is 3.91. The van der Waals surface area contributed by atoms with Crippen LogP contribution >= 0.6 is 11.3 Å². The van der Waals surface area contributed by atoms with Crippen molar-refractivity contribution in [2.24, 2.45) is 0 Å². The van der Waals surface area contributed by atoms with Crippen molar-refractivity contribution in [3.63, 3.8) is 0 Å². The lowest BCUT2D eigenvalue weighted by atomic mass is 10.2. The van der Waals surface area contributed by atoms with E-state index < -0.39 is 0 Å². The molecule has 2 aromatic heterocycles. The molecule has 0 saturated heterocycles. The summed E-state index contributed by atoms with van der Waals surface area (Å²) in [6.07, 6.45) is 1.81. The lowest BCUT2D eigenvalue weighted by Gasteiger charge is -2.04. The SMILES string of the molecule is CNc1ccc(-c2nccc(-c3cccs3)n2)cc1. The van der Waals surface area contributed by atoms with Crippen molar-refractivity contribution in [3.05, 3.63) is 54.0 Å². The maximum atomic E-state index is 4.62. The van der Waals surface area contributed by atoms with Gasteiger partial charge in [-0.25, -0.2) is 9.97 Å². The van der Waals surface area contributed by atoms with Crippen LogP contribution in [0.15, 0.2) is 54.0 Å². The van der Waals surface area contributed by atoms with Crippen LogP contribution in [-0.2, 0) is 0 Å². The van der Waals surface area contributed by atoms with E-state index in [9.17, 15) is 0 Å². The summed E-state index contributed by atoms with van der Waals surface area (Å²) >= 11 is 1.69. The standard InChI is InChI=1S/C15H13N3S/c1-16-12-6-4-11(5-7-12)15-17-9-8-13(18-15)14-3-2-10-19-14/h2-10,16H,1H3. The first-order chi connectivity index (χ1) is 9.36. The maximum Gasteiger partial charge on any atom is 0.159 e. The molecule has 1 aromatic carbocycles. The molecule has 0 aliphatic carbocycles. The first-order valence-corrected chi connectivity index (χ1v) is 6.90. The van der Waals surface area contributed by atoms with E-state index in [0.29, 0.717) is 0 Å². The fraction of sp³-hybridized carbons (Fsp3) is 0.0667. The summed E-state index contributed by atoms with van der Waals surface area (Å²) in [5.41, 5.74) is 3.08. The molecule has 0 aliphatic heterocycles. The van der Waals surface area contributed by atoms with Gasteiger partial charge in [0.15, 0.2) is 5.82 Å². The van der Waals surface area contributed by atoms with Crippen molar-refractivity contribution in [1.29, 1.82) is 0 Å². The average Bonchev–Trinajstić information content (AvgIpc) is 3.02. The molecule has 0 saturated carbocycles. The Bertz CT molecular complexity index is 660. The summed E-state index contributed by atoms with van der Waals surface area (Å²) in [6, 6.07) is 14.1. The molecule has 0 bridgehead atoms. The Kier molecular flexibility index (Phi) is 3.25. The van der Waals surface area contributed by atoms with Gasteiger partial charge < -0.3 is 5.32 Å². The third-order valence-corrected chi connectivity index (χ3v) is 3.75. The number of benzene rings is 1. The fourth-order valence-electron chi connectivity index (χ4n) is 1.85. The number of hydrogen-bond acceptors (Lipinski definition) is 4. The van der Waals surface area contributed by atoms with Crippen LogP contribution in [0.1, 0.15) is 0 Å². The lowest BCUT2D eigenvalue weighted by Crippen LogP contribution is -1.91. The Hall–Kier alpha value is -2.20. The second-order valence-electron chi connectivity index (χ2n) is 4.07. The molecule has 3 aromatic rings. The van der Waals surface area contributed by atoms with E-state index in [1.807, 2.05) is 49.6 Å². The third-order valence-electron chi connectivity index (χ3n) is 2.86. The number of thiophene rings is 1. The Morgan fingerprint density at radius 3 is 2.58 bits per heavy atom. The third kappa shape index (κ3) is 2.48. The molecular formula is C15H13N3S. The molecular weight excluding hydrogens is 254 g/mol. The van der Waals surface area contributed by atoms with Gasteiger partial charge in [-0.15, -0.1) is 11.3 Å². The van der Waals surface area contributed by atoms with Crippen LogP contribution in [-0.4, -0.2) is 17.0 Å². The number of hydrogen-bond donors (Lipinski definition) is 1. The van der Waals surface area contributed by atoms with E-state index >= 15 is 0 Å². The number of rotatable bonds is 3. The Labute approximate surface area is 116 Å². The first kappa shape index (κ1) is 11.9. The monoisotopic (exact) mass is 267 g/mol. The molecule has 1 N–H and O–H groups in total. The Balaban J connectivity index is 1.98. The molecule has 2 heterocycles. The van der Waals surface area contributed by atoms with Crippen molar-refractivity contribution in [3.8, 4) is 22.0 Å². The molecule has 0 radical (unpaired) electrons. The van der Waals surface area contributed by atoms with Crippen LogP contribution < -0.4 is 5.32 Å². The maximum absolute atomic E-state index is 4.62. The summed E-state index contributed by atoms with van der Waals surface area (Å²) in [5, 5.41) is 5.15. The summed E-state index contributed by atoms with van der Waals surface area (Å²) in [5.74, 6) is 0.758. The van der Waals surface area contributed by atoms with Crippen molar-refractivity contribution in [2.75, 3.05) is 12.4 Å². The van der Waals surface area contributed by atoms with Crippen LogP contribution in [0, 0.1) is 0 Å². The van der Waals surface area contributed by atoms with Crippen LogP contribution in [0.3, 0.4) is 0 Å². The lowest BCUT2D eigenvalue weighted by molar-refractivity contribution is 1.18. The smallest absolute Gasteiger partial charge is 0.159 e. The molecule has 0 fully saturated rings. The summed E-state index contributed by atoms with van der Waals surface area (Å²) in [4.78, 5) is 10.1. The van der Waals surface area contributed by atoms with E-state index in [4.69, 9.17) is 0 Å². The normalized spacial score (nSPS) is 10.4. The molecule has 0 amide bonds. The highest BCUT2D eigenvalue weighted by molar-refractivity contribution is 7.13. The zero-order chi connectivity index (χ0) is 13.1. The topological polar surface area (TPSA) is 37.8 Å². The molecule has 0 spiro atoms. The quantitative estimate of drug-likeness (QED) is 0.781. The van der Waals surface area contributed by atoms with Gasteiger partial charge >= 0.3 is 0 Å². The zero-order valence-electron chi connectivity index (χ0n) is 10.5. The first-order valence-electron chi connectivity index (χ1n) is 6.02. The number of nitrogens with zero attached hydrogens (tertiary/aromatic N) is 2. The van der Waals surface area contributed by atoms with E-state index in [1.54, 1.807) is 11.3 Å². The largest absolute Gasteiger partial charge is 0.388 e. The Morgan fingerprint density at radius 1 is 1.05 bits per heavy atom. The molecule has 3 nitrogen and oxygen atoms in total. The number of nitrogens with one attached hydrogen (secondary N) is 1. The highest BCUT2D eigenvalue weighted by Crippen LogP contribution is 2.25. The van der Waals surface area contributed by atoms with Gasteiger partial charge in [-0.05, 0) is 41.8 Å².